The van der Waals surface area contributed by atoms with Gasteiger partial charge in [-0.25, -0.2) is 8.42 Å². The second kappa shape index (κ2) is 6.32. The Kier molecular flexibility index (Phi) is 4.36. The normalized spacial score (nSPS) is 13.1. The van der Waals surface area contributed by atoms with Gasteiger partial charge in [0.2, 0.25) is 6.79 Å². The molecule has 24 heavy (non-hydrogen) atoms. The number of pyridine rings is 1. The van der Waals surface area contributed by atoms with Crippen LogP contribution in [-0.2, 0) is 21.3 Å². The fraction of sp³-hybridized carbons (Fsp3) is 0.353. The summed E-state index contributed by atoms with van der Waals surface area (Å²) in [5.41, 5.74) is 2.81. The molecule has 3 rings (SSSR count). The number of aromatic nitrogens is 1. The molecule has 0 atom stereocenters. The summed E-state index contributed by atoms with van der Waals surface area (Å²) in [6, 6.07) is 5.17. The van der Waals surface area contributed by atoms with E-state index in [-0.39, 0.29) is 18.3 Å². The highest BCUT2D eigenvalue weighted by molar-refractivity contribution is 7.89. The van der Waals surface area contributed by atoms with Gasteiger partial charge in [-0.05, 0) is 31.5 Å². The number of benzene rings is 1. The second-order valence-electron chi connectivity index (χ2n) is 5.77. The van der Waals surface area contributed by atoms with Crippen molar-refractivity contribution in [1.29, 1.82) is 0 Å². The molecular weight excluding hydrogens is 330 g/mol. The van der Waals surface area contributed by atoms with E-state index >= 15 is 0 Å². The Bertz CT molecular complexity index is 877. The first-order chi connectivity index (χ1) is 11.4. The van der Waals surface area contributed by atoms with Crippen LogP contribution in [0.3, 0.4) is 0 Å². The molecule has 2 heterocycles. The van der Waals surface area contributed by atoms with Crippen LogP contribution in [-0.4, -0.2) is 27.3 Å². The van der Waals surface area contributed by atoms with Crippen molar-refractivity contribution in [1.82, 2.24) is 4.98 Å². The summed E-state index contributed by atoms with van der Waals surface area (Å²) in [5, 5.41) is 0. The molecule has 1 aliphatic heterocycles. The van der Waals surface area contributed by atoms with Crippen LogP contribution in [0.2, 0.25) is 0 Å². The molecule has 0 fully saturated rings. The molecule has 0 saturated carbocycles. The first kappa shape index (κ1) is 16.6. The Balaban J connectivity index is 1.82. The molecule has 0 bridgehead atoms. The lowest BCUT2D eigenvalue weighted by molar-refractivity contribution is 0.174. The maximum Gasteiger partial charge on any atom is 0.231 e. The van der Waals surface area contributed by atoms with Crippen molar-refractivity contribution in [2.75, 3.05) is 13.9 Å². The van der Waals surface area contributed by atoms with Crippen molar-refractivity contribution >= 4 is 9.84 Å². The van der Waals surface area contributed by atoms with Crippen LogP contribution in [0.15, 0.2) is 24.4 Å². The number of aryl methyl sites for hydroxylation is 1. The van der Waals surface area contributed by atoms with Crippen LogP contribution >= 0.6 is 0 Å². The molecule has 128 valence electrons. The van der Waals surface area contributed by atoms with E-state index in [9.17, 15) is 8.42 Å². The van der Waals surface area contributed by atoms with Crippen molar-refractivity contribution in [2.45, 2.75) is 25.4 Å². The van der Waals surface area contributed by atoms with Gasteiger partial charge in [-0.2, -0.15) is 0 Å². The number of hydrogen-bond acceptors (Lipinski definition) is 6. The van der Waals surface area contributed by atoms with E-state index in [1.807, 2.05) is 13.8 Å². The summed E-state index contributed by atoms with van der Waals surface area (Å²) < 4.78 is 41.0. The minimum Gasteiger partial charge on any atom is -0.496 e. The summed E-state index contributed by atoms with van der Waals surface area (Å²) in [7, 11) is -1.81. The monoisotopic (exact) mass is 349 g/mol. The highest BCUT2D eigenvalue weighted by Gasteiger charge is 2.20. The second-order valence-corrected chi connectivity index (χ2v) is 7.83. The average Bonchev–Trinajstić information content (AvgIpc) is 2.98. The molecule has 1 aliphatic rings. The molecule has 0 aliphatic carbocycles. The fourth-order valence-electron chi connectivity index (χ4n) is 2.76. The molecule has 0 saturated heterocycles. The van der Waals surface area contributed by atoms with Crippen molar-refractivity contribution in [3.8, 4) is 17.2 Å². The highest BCUT2D eigenvalue weighted by Crippen LogP contribution is 2.33. The molecule has 7 heteroatoms. The Morgan fingerprint density at radius 2 is 1.92 bits per heavy atom. The van der Waals surface area contributed by atoms with Gasteiger partial charge in [-0.15, -0.1) is 0 Å². The lowest BCUT2D eigenvalue weighted by atomic mass is 10.1. The predicted octanol–water partition coefficient (Wildman–Crippen LogP) is 2.55. The van der Waals surface area contributed by atoms with Gasteiger partial charge in [-0.1, -0.05) is 6.07 Å². The Hall–Kier alpha value is -2.28. The van der Waals surface area contributed by atoms with Gasteiger partial charge < -0.3 is 14.2 Å². The van der Waals surface area contributed by atoms with Crippen LogP contribution in [0, 0.1) is 13.8 Å². The fourth-order valence-corrected chi connectivity index (χ4v) is 4.26. The van der Waals surface area contributed by atoms with Gasteiger partial charge in [0.15, 0.2) is 21.3 Å². The smallest absolute Gasteiger partial charge is 0.231 e. The molecule has 0 amide bonds. The lowest BCUT2D eigenvalue weighted by Crippen LogP contribution is -2.11. The molecule has 1 aromatic heterocycles. The highest BCUT2D eigenvalue weighted by atomic mass is 32.2. The average molecular weight is 349 g/mol. The molecule has 0 unspecified atom stereocenters. The minimum atomic E-state index is -3.38. The Labute approximate surface area is 141 Å². The van der Waals surface area contributed by atoms with Crippen LogP contribution in [0.5, 0.6) is 17.2 Å². The molecule has 2 aromatic rings. The summed E-state index contributed by atoms with van der Waals surface area (Å²) >= 11 is 0. The van der Waals surface area contributed by atoms with E-state index < -0.39 is 9.84 Å². The lowest BCUT2D eigenvalue weighted by Gasteiger charge is -2.12. The van der Waals surface area contributed by atoms with Crippen molar-refractivity contribution < 1.29 is 22.6 Å². The number of nitrogens with zero attached hydrogens (tertiary/aromatic N) is 1. The van der Waals surface area contributed by atoms with E-state index in [4.69, 9.17) is 14.2 Å². The standard InChI is InChI=1S/C17H19NO5S/c1-11-7-18-14(12(2)17(11)21-3)9-24(19,20)8-13-4-5-15-16(6-13)23-10-22-15/h4-7H,8-10H2,1-3H3. The van der Waals surface area contributed by atoms with Gasteiger partial charge in [0.25, 0.3) is 0 Å². The number of sulfone groups is 1. The molecular formula is C17H19NO5S. The quantitative estimate of drug-likeness (QED) is 0.826. The van der Waals surface area contributed by atoms with Crippen LogP contribution in [0.25, 0.3) is 0 Å². The van der Waals surface area contributed by atoms with E-state index in [0.29, 0.717) is 28.5 Å². The predicted molar refractivity (Wildman–Crippen MR) is 89.2 cm³/mol. The zero-order valence-corrected chi connectivity index (χ0v) is 14.6. The van der Waals surface area contributed by atoms with Crippen molar-refractivity contribution in [3.63, 3.8) is 0 Å². The molecule has 1 aromatic carbocycles. The summed E-state index contributed by atoms with van der Waals surface area (Å²) in [6.45, 7) is 3.87. The van der Waals surface area contributed by atoms with Crippen LogP contribution in [0.1, 0.15) is 22.4 Å². The van der Waals surface area contributed by atoms with E-state index in [1.54, 1.807) is 31.5 Å². The first-order valence-corrected chi connectivity index (χ1v) is 9.30. The molecule has 0 radical (unpaired) electrons. The van der Waals surface area contributed by atoms with Crippen molar-refractivity contribution in [3.05, 3.63) is 46.8 Å². The van der Waals surface area contributed by atoms with Gasteiger partial charge >= 0.3 is 0 Å². The Morgan fingerprint density at radius 1 is 1.17 bits per heavy atom. The SMILES string of the molecule is COc1c(C)cnc(CS(=O)(=O)Cc2ccc3c(c2)OCO3)c1C. The third-order valence-electron chi connectivity index (χ3n) is 3.93. The zero-order chi connectivity index (χ0) is 17.3. The Morgan fingerprint density at radius 3 is 2.67 bits per heavy atom. The van der Waals surface area contributed by atoms with Crippen molar-refractivity contribution in [2.24, 2.45) is 0 Å². The number of methoxy groups -OCH3 is 1. The van der Waals surface area contributed by atoms with Gasteiger partial charge in [0.05, 0.1) is 24.3 Å². The van der Waals surface area contributed by atoms with Crippen LogP contribution in [0.4, 0.5) is 0 Å². The summed E-state index contributed by atoms with van der Waals surface area (Å²) in [6.07, 6.45) is 1.64. The largest absolute Gasteiger partial charge is 0.496 e. The topological polar surface area (TPSA) is 74.7 Å². The first-order valence-electron chi connectivity index (χ1n) is 7.47. The molecule has 6 nitrogen and oxygen atoms in total. The molecule has 0 N–H and O–H groups in total. The van der Waals surface area contributed by atoms with Gasteiger partial charge in [0, 0.05) is 17.3 Å². The number of hydrogen-bond donors (Lipinski definition) is 0. The van der Waals surface area contributed by atoms with E-state index in [2.05, 4.69) is 4.98 Å². The number of fused-ring (bicyclic) bond motifs is 1. The summed E-state index contributed by atoms with van der Waals surface area (Å²) in [4.78, 5) is 4.27. The van der Waals surface area contributed by atoms with Crippen LogP contribution < -0.4 is 14.2 Å². The number of rotatable bonds is 5. The van der Waals surface area contributed by atoms with Gasteiger partial charge in [-0.3, -0.25) is 4.98 Å². The maximum absolute atomic E-state index is 12.6. The summed E-state index contributed by atoms with van der Waals surface area (Å²) in [5.74, 6) is 1.68. The van der Waals surface area contributed by atoms with E-state index in [0.717, 1.165) is 11.1 Å². The van der Waals surface area contributed by atoms with Gasteiger partial charge in [0.1, 0.15) is 5.75 Å². The molecule has 0 spiro atoms. The maximum atomic E-state index is 12.6. The third kappa shape index (κ3) is 3.31. The van der Waals surface area contributed by atoms with E-state index in [1.165, 1.54) is 0 Å². The number of ether oxygens (including phenoxy) is 3. The third-order valence-corrected chi connectivity index (χ3v) is 5.42. The minimum absolute atomic E-state index is 0.0824. The zero-order valence-electron chi connectivity index (χ0n) is 13.8.